The van der Waals surface area contributed by atoms with Crippen molar-refractivity contribution in [2.24, 2.45) is 0 Å². The lowest BCUT2D eigenvalue weighted by atomic mass is 10.1. The molecule has 4 rings (SSSR count). The van der Waals surface area contributed by atoms with Crippen molar-refractivity contribution in [3.8, 4) is 0 Å². The number of carboxylic acids is 4. The number of aliphatic hydroxyl groups is 1. The molecule has 4 saturated heterocycles. The topological polar surface area (TPSA) is 388 Å². The minimum Gasteiger partial charge on any atom is -0.481 e. The fraction of sp³-hybridized carbons (Fsp3) is 0.714. The Morgan fingerprint density at radius 3 is 1.54 bits per heavy atom. The Hall–Kier alpha value is -6.44. The van der Waals surface area contributed by atoms with E-state index in [0.29, 0.717) is 32.2 Å². The molecule has 0 aromatic heterocycles. The molecule has 0 spiro atoms. The highest BCUT2D eigenvalue weighted by Gasteiger charge is 2.45. The van der Waals surface area contributed by atoms with Gasteiger partial charge in [0.2, 0.25) is 47.3 Å². The predicted octanol–water partition coefficient (Wildman–Crippen LogP) is -3.78. The average molecular weight is 966 g/mol. The molecule has 26 heteroatoms. The Bertz CT molecular complexity index is 1940. The molecular weight excluding hydrogens is 903 g/mol. The van der Waals surface area contributed by atoms with E-state index in [1.165, 1.54) is 28.5 Å². The Morgan fingerprint density at radius 1 is 0.529 bits per heavy atom. The highest BCUT2D eigenvalue weighted by atomic mass is 16.4. The van der Waals surface area contributed by atoms with Crippen LogP contribution < -0.4 is 31.9 Å². The smallest absolute Gasteiger partial charge is 0.326 e. The Balaban J connectivity index is 1.39. The minimum atomic E-state index is -1.67. The van der Waals surface area contributed by atoms with E-state index in [-0.39, 0.29) is 45.3 Å². The number of rotatable bonds is 24. The molecule has 0 aromatic rings. The molecule has 4 aliphatic heterocycles. The number of aliphatic carboxylic acids is 4. The van der Waals surface area contributed by atoms with Gasteiger partial charge in [0, 0.05) is 38.9 Å². The summed E-state index contributed by atoms with van der Waals surface area (Å²) in [5.41, 5.74) is 0. The van der Waals surface area contributed by atoms with Crippen molar-refractivity contribution in [3.63, 3.8) is 0 Å². The van der Waals surface area contributed by atoms with E-state index in [0.717, 1.165) is 6.42 Å². The fourth-order valence-corrected chi connectivity index (χ4v) is 8.86. The number of carbonyl (C=O) groups is 12. The molecule has 4 aliphatic rings. The van der Waals surface area contributed by atoms with Gasteiger partial charge in [-0.2, -0.15) is 0 Å². The molecule has 0 aromatic carbocycles. The van der Waals surface area contributed by atoms with Gasteiger partial charge in [-0.25, -0.2) is 4.79 Å². The summed E-state index contributed by atoms with van der Waals surface area (Å²) in [4.78, 5) is 158. The third kappa shape index (κ3) is 14.8. The number of amides is 8. The SMILES string of the molecule is C[C@H](NC(=O)[C@@H](NC(=O)[C@@H]1CCCN1C(=O)[C@H](CCC(=O)O)NC(=O)[C@@H]1CCCN1)[C@@H](C)O)C(=O)N1CCC[C@H]1C(=O)N1CCC[C@H]1C(=O)N[C@@H](CCC(=O)O)C(=O)N[C@@H](CCC(=O)O)C(=O)O. The summed E-state index contributed by atoms with van der Waals surface area (Å²) in [6, 6.07) is -11.4. The first-order chi connectivity index (χ1) is 32.1. The molecular formula is C42H63N9O17. The molecule has 0 unspecified atom stereocenters. The number of likely N-dealkylation sites (tertiary alicyclic amines) is 3. The highest BCUT2D eigenvalue weighted by molar-refractivity contribution is 5.99. The third-order valence-corrected chi connectivity index (χ3v) is 12.5. The quantitative estimate of drug-likeness (QED) is 0.0442. The van der Waals surface area contributed by atoms with Crippen molar-refractivity contribution in [1.82, 2.24) is 46.6 Å². The van der Waals surface area contributed by atoms with Crippen LogP contribution in [0.25, 0.3) is 0 Å². The first-order valence-corrected chi connectivity index (χ1v) is 22.8. The molecule has 8 amide bonds. The van der Waals surface area contributed by atoms with Gasteiger partial charge >= 0.3 is 23.9 Å². The van der Waals surface area contributed by atoms with Crippen LogP contribution in [0.2, 0.25) is 0 Å². The van der Waals surface area contributed by atoms with Gasteiger partial charge in [0.25, 0.3) is 0 Å². The van der Waals surface area contributed by atoms with Crippen LogP contribution in [0.4, 0.5) is 0 Å². The molecule has 0 bridgehead atoms. The van der Waals surface area contributed by atoms with E-state index in [2.05, 4.69) is 31.9 Å². The summed E-state index contributed by atoms with van der Waals surface area (Å²) in [5, 5.41) is 62.8. The molecule has 378 valence electrons. The second-order valence-electron chi connectivity index (χ2n) is 17.5. The molecule has 0 radical (unpaired) electrons. The molecule has 4 fully saturated rings. The van der Waals surface area contributed by atoms with E-state index in [1.807, 2.05) is 0 Å². The summed E-state index contributed by atoms with van der Waals surface area (Å²) in [7, 11) is 0. The Morgan fingerprint density at radius 2 is 1.01 bits per heavy atom. The van der Waals surface area contributed by atoms with Gasteiger partial charge in [0.05, 0.1) is 12.1 Å². The van der Waals surface area contributed by atoms with E-state index >= 15 is 0 Å². The van der Waals surface area contributed by atoms with Crippen LogP contribution >= 0.6 is 0 Å². The summed E-state index contributed by atoms with van der Waals surface area (Å²) in [6.45, 7) is 3.38. The summed E-state index contributed by atoms with van der Waals surface area (Å²) in [6.07, 6.45) is -1.63. The number of carboxylic acid groups (broad SMARTS) is 4. The zero-order valence-corrected chi connectivity index (χ0v) is 38.0. The first kappa shape index (κ1) is 54.2. The van der Waals surface area contributed by atoms with Crippen LogP contribution in [0.3, 0.4) is 0 Å². The highest BCUT2D eigenvalue weighted by Crippen LogP contribution is 2.26. The van der Waals surface area contributed by atoms with Crippen LogP contribution in [0, 0.1) is 0 Å². The van der Waals surface area contributed by atoms with Crippen molar-refractivity contribution < 1.29 is 83.1 Å². The van der Waals surface area contributed by atoms with Crippen molar-refractivity contribution in [2.45, 2.75) is 164 Å². The number of hydrogen-bond donors (Lipinski definition) is 11. The van der Waals surface area contributed by atoms with E-state index in [4.69, 9.17) is 5.11 Å². The Labute approximate surface area is 390 Å². The molecule has 4 heterocycles. The van der Waals surface area contributed by atoms with Gasteiger partial charge in [-0.15, -0.1) is 0 Å². The molecule has 26 nitrogen and oxygen atoms in total. The molecule has 68 heavy (non-hydrogen) atoms. The number of carbonyl (C=O) groups excluding carboxylic acids is 8. The number of aliphatic hydroxyl groups excluding tert-OH is 1. The summed E-state index contributed by atoms with van der Waals surface area (Å²) >= 11 is 0. The lowest BCUT2D eigenvalue weighted by Crippen LogP contribution is -2.61. The van der Waals surface area contributed by atoms with Crippen LogP contribution in [-0.4, -0.2) is 198 Å². The van der Waals surface area contributed by atoms with E-state index in [9.17, 15) is 78.0 Å². The van der Waals surface area contributed by atoms with Crippen LogP contribution in [0.1, 0.15) is 104 Å². The number of hydrogen-bond acceptors (Lipinski definition) is 14. The first-order valence-electron chi connectivity index (χ1n) is 22.8. The fourth-order valence-electron chi connectivity index (χ4n) is 8.86. The van der Waals surface area contributed by atoms with Crippen molar-refractivity contribution in [1.29, 1.82) is 0 Å². The van der Waals surface area contributed by atoms with Gasteiger partial charge in [-0.05, 0) is 91.0 Å². The second kappa shape index (κ2) is 25.1. The average Bonchev–Trinajstić information content (AvgIpc) is 4.13. The van der Waals surface area contributed by atoms with Crippen LogP contribution in [0.15, 0.2) is 0 Å². The van der Waals surface area contributed by atoms with Crippen molar-refractivity contribution in [2.75, 3.05) is 26.2 Å². The van der Waals surface area contributed by atoms with Gasteiger partial charge in [0.15, 0.2) is 0 Å². The van der Waals surface area contributed by atoms with E-state index in [1.54, 1.807) is 0 Å². The molecule has 10 atom stereocenters. The molecule has 0 saturated carbocycles. The maximum Gasteiger partial charge on any atom is 0.326 e. The monoisotopic (exact) mass is 965 g/mol. The minimum absolute atomic E-state index is 0.0688. The van der Waals surface area contributed by atoms with Crippen LogP contribution in [-0.2, 0) is 57.5 Å². The lowest BCUT2D eigenvalue weighted by molar-refractivity contribution is -0.148. The molecule has 11 N–H and O–H groups in total. The largest absolute Gasteiger partial charge is 0.481 e. The number of nitrogens with one attached hydrogen (secondary N) is 6. The lowest BCUT2D eigenvalue weighted by Gasteiger charge is -2.33. The van der Waals surface area contributed by atoms with Gasteiger partial charge < -0.3 is 72.1 Å². The zero-order chi connectivity index (χ0) is 50.4. The zero-order valence-electron chi connectivity index (χ0n) is 38.0. The van der Waals surface area contributed by atoms with E-state index < -0.39 is 164 Å². The maximum absolute atomic E-state index is 14.1. The normalized spacial score (nSPS) is 22.7. The predicted molar refractivity (Wildman–Crippen MR) is 230 cm³/mol. The van der Waals surface area contributed by atoms with Gasteiger partial charge in [-0.3, -0.25) is 52.7 Å². The number of nitrogens with zero attached hydrogens (tertiary/aromatic N) is 3. The van der Waals surface area contributed by atoms with Crippen molar-refractivity contribution >= 4 is 71.1 Å². The van der Waals surface area contributed by atoms with Gasteiger partial charge in [-0.1, -0.05) is 0 Å². The second-order valence-corrected chi connectivity index (χ2v) is 17.5. The summed E-state index contributed by atoms with van der Waals surface area (Å²) in [5.74, 6) is -11.6. The Kier molecular flexibility index (Phi) is 20.0. The van der Waals surface area contributed by atoms with Gasteiger partial charge in [0.1, 0.15) is 48.3 Å². The third-order valence-electron chi connectivity index (χ3n) is 12.5. The van der Waals surface area contributed by atoms with Crippen molar-refractivity contribution in [3.05, 3.63) is 0 Å². The standard InChI is InChI=1S/C42H63N9O17/c1-21(44-38(63)33(22(2)52)48-37(62)28-9-4-18-49(28)40(65)25(12-15-31(55)56)46-34(59)23-7-3-17-43-23)39(64)51-20-6-10-29(51)41(66)50-19-5-8-27(50)36(61)45-24(11-14-30(53)54)35(60)47-26(42(67)68)13-16-32(57)58/h21-29,33,43,52H,3-20H2,1-2H3,(H,44,63)(H,45,61)(H,46,59)(H,47,60)(H,48,62)(H,53,54)(H,55,56)(H,57,58)(H,67,68)/t21-,22+,23-,24-,25-,26-,27-,28-,29-,33-/m0/s1. The summed E-state index contributed by atoms with van der Waals surface area (Å²) < 4.78 is 0. The molecule has 0 aliphatic carbocycles. The maximum atomic E-state index is 14.1. The van der Waals surface area contributed by atoms with Crippen LogP contribution in [0.5, 0.6) is 0 Å².